The van der Waals surface area contributed by atoms with Crippen molar-refractivity contribution < 1.29 is 4.42 Å². The fourth-order valence-corrected chi connectivity index (χ4v) is 3.12. The standard InChI is InChI=1S/C20H25ClN4O/c1-6-14-18(21)19(23-11-22-14)24-12(2)13-7-8-16-15(9-13)25-17(26-16)10-20(3,4)5/h7-9,11-12H,6,10H2,1-5H3,(H,22,23,24). The van der Waals surface area contributed by atoms with Crippen molar-refractivity contribution in [2.45, 2.75) is 53.5 Å². The van der Waals surface area contributed by atoms with Crippen LogP contribution in [-0.2, 0) is 12.8 Å². The fourth-order valence-electron chi connectivity index (χ4n) is 2.83. The van der Waals surface area contributed by atoms with E-state index in [4.69, 9.17) is 16.0 Å². The van der Waals surface area contributed by atoms with Crippen molar-refractivity contribution in [1.29, 1.82) is 0 Å². The molecule has 3 rings (SSSR count). The zero-order chi connectivity index (χ0) is 18.9. The van der Waals surface area contributed by atoms with Gasteiger partial charge in [0.1, 0.15) is 22.7 Å². The highest BCUT2D eigenvalue weighted by atomic mass is 35.5. The Morgan fingerprint density at radius 2 is 2.00 bits per heavy atom. The number of nitrogens with zero attached hydrogens (tertiary/aromatic N) is 3. The normalized spacial score (nSPS) is 13.2. The van der Waals surface area contributed by atoms with E-state index in [1.165, 1.54) is 0 Å². The van der Waals surface area contributed by atoms with Gasteiger partial charge in [0, 0.05) is 6.42 Å². The minimum atomic E-state index is 0.0271. The average molecular weight is 373 g/mol. The van der Waals surface area contributed by atoms with Crippen molar-refractivity contribution in [2.24, 2.45) is 5.41 Å². The number of fused-ring (bicyclic) bond motifs is 1. The molecule has 1 atom stereocenters. The van der Waals surface area contributed by atoms with Crippen LogP contribution in [0.1, 0.15) is 57.8 Å². The number of nitrogens with one attached hydrogen (secondary N) is 1. The van der Waals surface area contributed by atoms with Crippen LogP contribution in [0.15, 0.2) is 28.9 Å². The molecule has 0 radical (unpaired) electrons. The number of halogens is 1. The molecule has 26 heavy (non-hydrogen) atoms. The summed E-state index contributed by atoms with van der Waals surface area (Å²) >= 11 is 6.39. The van der Waals surface area contributed by atoms with Gasteiger partial charge < -0.3 is 9.73 Å². The van der Waals surface area contributed by atoms with E-state index >= 15 is 0 Å². The van der Waals surface area contributed by atoms with E-state index in [0.29, 0.717) is 10.8 Å². The Morgan fingerprint density at radius 3 is 2.69 bits per heavy atom. The van der Waals surface area contributed by atoms with E-state index in [9.17, 15) is 0 Å². The molecule has 5 nitrogen and oxygen atoms in total. The highest BCUT2D eigenvalue weighted by molar-refractivity contribution is 6.33. The van der Waals surface area contributed by atoms with E-state index in [1.54, 1.807) is 6.33 Å². The van der Waals surface area contributed by atoms with Crippen LogP contribution >= 0.6 is 11.6 Å². The van der Waals surface area contributed by atoms with E-state index < -0.39 is 0 Å². The maximum Gasteiger partial charge on any atom is 0.195 e. The number of benzene rings is 1. The molecule has 2 aromatic heterocycles. The zero-order valence-corrected chi connectivity index (χ0v) is 16.7. The molecule has 0 bridgehead atoms. The van der Waals surface area contributed by atoms with Crippen molar-refractivity contribution >= 4 is 28.5 Å². The molecule has 0 amide bonds. The monoisotopic (exact) mass is 372 g/mol. The van der Waals surface area contributed by atoms with Crippen LogP contribution in [0.5, 0.6) is 0 Å². The van der Waals surface area contributed by atoms with Crippen LogP contribution < -0.4 is 5.32 Å². The lowest BCUT2D eigenvalue weighted by atomic mass is 9.92. The molecule has 1 aromatic carbocycles. The van der Waals surface area contributed by atoms with Crippen LogP contribution in [0, 0.1) is 5.41 Å². The quantitative estimate of drug-likeness (QED) is 0.631. The molecule has 6 heteroatoms. The zero-order valence-electron chi connectivity index (χ0n) is 15.9. The summed E-state index contributed by atoms with van der Waals surface area (Å²) in [5.74, 6) is 1.43. The van der Waals surface area contributed by atoms with Gasteiger partial charge in [0.25, 0.3) is 0 Å². The number of oxazole rings is 1. The summed E-state index contributed by atoms with van der Waals surface area (Å²) in [7, 11) is 0. The second-order valence-corrected chi connectivity index (χ2v) is 8.15. The molecule has 138 valence electrons. The molecule has 0 saturated heterocycles. The second-order valence-electron chi connectivity index (χ2n) is 7.77. The Labute approximate surface area is 159 Å². The van der Waals surface area contributed by atoms with Gasteiger partial charge in [-0.25, -0.2) is 15.0 Å². The minimum Gasteiger partial charge on any atom is -0.441 e. The Morgan fingerprint density at radius 1 is 1.23 bits per heavy atom. The maximum absolute atomic E-state index is 6.39. The van der Waals surface area contributed by atoms with Gasteiger partial charge >= 0.3 is 0 Å². The SMILES string of the molecule is CCc1ncnc(NC(C)c2ccc3oc(CC(C)(C)C)nc3c2)c1Cl. The van der Waals surface area contributed by atoms with Gasteiger partial charge in [0.05, 0.1) is 11.7 Å². The van der Waals surface area contributed by atoms with Crippen molar-refractivity contribution in [2.75, 3.05) is 5.32 Å². The summed E-state index contributed by atoms with van der Waals surface area (Å²) in [5.41, 5.74) is 3.77. The van der Waals surface area contributed by atoms with Crippen LogP contribution in [0.3, 0.4) is 0 Å². The topological polar surface area (TPSA) is 63.8 Å². The summed E-state index contributed by atoms with van der Waals surface area (Å²) in [5, 5.41) is 3.95. The van der Waals surface area contributed by atoms with Gasteiger partial charge in [-0.05, 0) is 36.5 Å². The highest BCUT2D eigenvalue weighted by Gasteiger charge is 2.17. The third-order valence-electron chi connectivity index (χ3n) is 4.19. The molecule has 3 aromatic rings. The Hall–Kier alpha value is -2.14. The number of aryl methyl sites for hydroxylation is 1. The van der Waals surface area contributed by atoms with E-state index in [2.05, 4.69) is 54.0 Å². The summed E-state index contributed by atoms with van der Waals surface area (Å²) in [6.07, 6.45) is 3.12. The predicted molar refractivity (Wildman–Crippen MR) is 106 cm³/mol. The summed E-state index contributed by atoms with van der Waals surface area (Å²) in [4.78, 5) is 13.1. The lowest BCUT2D eigenvalue weighted by molar-refractivity contribution is 0.362. The van der Waals surface area contributed by atoms with E-state index in [-0.39, 0.29) is 11.5 Å². The van der Waals surface area contributed by atoms with Gasteiger partial charge in [-0.15, -0.1) is 0 Å². The third-order valence-corrected chi connectivity index (χ3v) is 4.58. The first-order chi connectivity index (χ1) is 12.3. The van der Waals surface area contributed by atoms with Crippen LogP contribution in [0.2, 0.25) is 5.02 Å². The first kappa shape index (κ1) is 18.6. The Balaban J connectivity index is 1.83. The average Bonchev–Trinajstić information content (AvgIpc) is 2.95. The molecule has 0 fully saturated rings. The number of aromatic nitrogens is 3. The van der Waals surface area contributed by atoms with Crippen molar-refractivity contribution in [3.8, 4) is 0 Å². The molecule has 0 aliphatic rings. The Bertz CT molecular complexity index is 914. The summed E-state index contributed by atoms with van der Waals surface area (Å²) < 4.78 is 5.87. The second kappa shape index (κ2) is 7.23. The summed E-state index contributed by atoms with van der Waals surface area (Å²) in [6, 6.07) is 6.10. The van der Waals surface area contributed by atoms with E-state index in [1.807, 2.05) is 19.1 Å². The molecule has 2 heterocycles. The van der Waals surface area contributed by atoms with Crippen molar-refractivity contribution in [3.05, 3.63) is 46.7 Å². The minimum absolute atomic E-state index is 0.0271. The van der Waals surface area contributed by atoms with Crippen LogP contribution in [0.25, 0.3) is 11.1 Å². The van der Waals surface area contributed by atoms with Gasteiger partial charge in [-0.1, -0.05) is 45.4 Å². The predicted octanol–water partition coefficient (Wildman–Crippen LogP) is 5.60. The van der Waals surface area contributed by atoms with Gasteiger partial charge in [0.2, 0.25) is 0 Å². The highest BCUT2D eigenvalue weighted by Crippen LogP contribution is 2.29. The fraction of sp³-hybridized carbons (Fsp3) is 0.450. The molecular weight excluding hydrogens is 348 g/mol. The van der Waals surface area contributed by atoms with E-state index in [0.717, 1.165) is 41.1 Å². The Kier molecular flexibility index (Phi) is 5.19. The first-order valence-electron chi connectivity index (χ1n) is 8.92. The maximum atomic E-state index is 6.39. The molecule has 1 N–H and O–H groups in total. The number of rotatable bonds is 5. The largest absolute Gasteiger partial charge is 0.441 e. The van der Waals surface area contributed by atoms with Crippen molar-refractivity contribution in [3.63, 3.8) is 0 Å². The van der Waals surface area contributed by atoms with Crippen LogP contribution in [-0.4, -0.2) is 15.0 Å². The van der Waals surface area contributed by atoms with Crippen molar-refractivity contribution in [1.82, 2.24) is 15.0 Å². The smallest absolute Gasteiger partial charge is 0.195 e. The summed E-state index contributed by atoms with van der Waals surface area (Å²) in [6.45, 7) is 10.6. The number of anilines is 1. The first-order valence-corrected chi connectivity index (χ1v) is 9.30. The molecule has 1 unspecified atom stereocenters. The molecule has 0 aliphatic carbocycles. The lowest BCUT2D eigenvalue weighted by Gasteiger charge is -2.16. The lowest BCUT2D eigenvalue weighted by Crippen LogP contribution is -2.09. The van der Waals surface area contributed by atoms with Gasteiger partial charge in [-0.3, -0.25) is 0 Å². The third kappa shape index (κ3) is 4.15. The van der Waals surface area contributed by atoms with Gasteiger partial charge in [-0.2, -0.15) is 0 Å². The molecule has 0 saturated carbocycles. The molecule has 0 aliphatic heterocycles. The number of hydrogen-bond acceptors (Lipinski definition) is 5. The van der Waals surface area contributed by atoms with Gasteiger partial charge in [0.15, 0.2) is 11.5 Å². The molecule has 0 spiro atoms. The number of hydrogen-bond donors (Lipinski definition) is 1. The van der Waals surface area contributed by atoms with Crippen LogP contribution in [0.4, 0.5) is 5.82 Å². The molecular formula is C20H25ClN4O.